The highest BCUT2D eigenvalue weighted by atomic mass is 35.5. The summed E-state index contributed by atoms with van der Waals surface area (Å²) in [6.07, 6.45) is -0.431. The molecule has 2 rings (SSSR count). The lowest BCUT2D eigenvalue weighted by Gasteiger charge is -2.16. The summed E-state index contributed by atoms with van der Waals surface area (Å²) in [6, 6.07) is 11.9. The van der Waals surface area contributed by atoms with E-state index in [4.69, 9.17) is 27.9 Å². The van der Waals surface area contributed by atoms with Gasteiger partial charge in [-0.2, -0.15) is 0 Å². The van der Waals surface area contributed by atoms with Gasteiger partial charge in [0.15, 0.2) is 6.10 Å². The van der Waals surface area contributed by atoms with Crippen LogP contribution in [-0.2, 0) is 16.0 Å². The van der Waals surface area contributed by atoms with Crippen LogP contribution in [0.4, 0.5) is 5.69 Å². The Bertz CT molecular complexity index is 792. The fourth-order valence-electron chi connectivity index (χ4n) is 2.10. The van der Waals surface area contributed by atoms with Crippen molar-refractivity contribution in [2.24, 2.45) is 0 Å². The van der Waals surface area contributed by atoms with Crippen LogP contribution < -0.4 is 10.1 Å². The molecule has 138 valence electrons. The first kappa shape index (κ1) is 20.1. The minimum Gasteiger partial charge on any atom is -0.479 e. The number of likely N-dealkylation sites (N-methyl/N-ethyl adjacent to an activating group) is 1. The lowest BCUT2D eigenvalue weighted by molar-refractivity contribution is -0.128. The Morgan fingerprint density at radius 2 is 1.77 bits per heavy atom. The van der Waals surface area contributed by atoms with E-state index in [1.807, 2.05) is 0 Å². The van der Waals surface area contributed by atoms with Crippen LogP contribution >= 0.6 is 23.2 Å². The number of carbonyl (C=O) groups is 2. The number of benzene rings is 2. The number of nitrogens with one attached hydrogen (secondary N) is 1. The largest absolute Gasteiger partial charge is 0.479 e. The fourth-order valence-corrected chi connectivity index (χ4v) is 2.55. The van der Waals surface area contributed by atoms with Gasteiger partial charge in [-0.3, -0.25) is 9.59 Å². The Labute approximate surface area is 162 Å². The van der Waals surface area contributed by atoms with E-state index in [0.717, 1.165) is 5.56 Å². The zero-order chi connectivity index (χ0) is 19.3. The second-order valence-corrected chi connectivity index (χ2v) is 6.83. The highest BCUT2D eigenvalue weighted by Crippen LogP contribution is 2.28. The lowest BCUT2D eigenvalue weighted by Crippen LogP contribution is -2.30. The fraction of sp³-hybridized carbons (Fsp3) is 0.263. The molecule has 0 radical (unpaired) electrons. The molecule has 1 unspecified atom stereocenters. The number of rotatable bonds is 6. The highest BCUT2D eigenvalue weighted by Gasteiger charge is 2.16. The lowest BCUT2D eigenvalue weighted by atomic mass is 10.1. The van der Waals surface area contributed by atoms with Crippen molar-refractivity contribution in [3.8, 4) is 5.75 Å². The second kappa shape index (κ2) is 8.92. The maximum atomic E-state index is 12.3. The third-order valence-corrected chi connectivity index (χ3v) is 4.17. The van der Waals surface area contributed by atoms with Gasteiger partial charge in [-0.05, 0) is 42.8 Å². The van der Waals surface area contributed by atoms with Crippen LogP contribution in [0.2, 0.25) is 10.0 Å². The zero-order valence-electron chi connectivity index (χ0n) is 14.8. The second-order valence-electron chi connectivity index (χ2n) is 5.99. The van der Waals surface area contributed by atoms with E-state index in [-0.39, 0.29) is 11.8 Å². The molecule has 7 heteroatoms. The van der Waals surface area contributed by atoms with E-state index in [0.29, 0.717) is 27.9 Å². The molecule has 0 spiro atoms. The Hall–Kier alpha value is -2.24. The van der Waals surface area contributed by atoms with Crippen LogP contribution in [0.15, 0.2) is 42.5 Å². The van der Waals surface area contributed by atoms with E-state index in [1.54, 1.807) is 63.5 Å². The maximum absolute atomic E-state index is 12.3. The van der Waals surface area contributed by atoms with Gasteiger partial charge in [0.2, 0.25) is 5.91 Å². The van der Waals surface area contributed by atoms with Crippen molar-refractivity contribution in [2.75, 3.05) is 19.4 Å². The summed E-state index contributed by atoms with van der Waals surface area (Å²) in [7, 11) is 3.43. The van der Waals surface area contributed by atoms with Crippen molar-refractivity contribution in [2.45, 2.75) is 19.4 Å². The summed E-state index contributed by atoms with van der Waals surface area (Å²) in [5, 5.41) is 3.60. The molecule has 0 heterocycles. The van der Waals surface area contributed by atoms with Gasteiger partial charge in [-0.1, -0.05) is 35.3 Å². The maximum Gasteiger partial charge on any atom is 0.265 e. The number of nitrogens with zero attached hydrogens (tertiary/aromatic N) is 1. The Kier molecular flexibility index (Phi) is 6.89. The van der Waals surface area contributed by atoms with Crippen molar-refractivity contribution in [3.63, 3.8) is 0 Å². The normalized spacial score (nSPS) is 11.6. The Balaban J connectivity index is 1.95. The number of halogens is 2. The molecule has 1 atom stereocenters. The molecular weight excluding hydrogens is 375 g/mol. The average Bonchev–Trinajstić information content (AvgIpc) is 2.58. The Morgan fingerprint density at radius 3 is 2.35 bits per heavy atom. The van der Waals surface area contributed by atoms with Gasteiger partial charge < -0.3 is 15.0 Å². The summed E-state index contributed by atoms with van der Waals surface area (Å²) < 4.78 is 5.58. The highest BCUT2D eigenvalue weighted by molar-refractivity contribution is 6.35. The van der Waals surface area contributed by atoms with E-state index in [2.05, 4.69) is 5.32 Å². The standard InChI is InChI=1S/C19H20Cl2N2O3/c1-12(26-17-9-6-14(20)11-16(17)21)19(25)22-15-7-4-13(5-8-15)10-18(24)23(2)3/h4-9,11-12H,10H2,1-3H3,(H,22,25). The molecule has 2 aromatic rings. The van der Waals surface area contributed by atoms with Gasteiger partial charge in [0.1, 0.15) is 5.75 Å². The summed E-state index contributed by atoms with van der Waals surface area (Å²) in [4.78, 5) is 25.5. The molecule has 0 saturated heterocycles. The van der Waals surface area contributed by atoms with E-state index >= 15 is 0 Å². The number of anilines is 1. The molecule has 0 bridgehead atoms. The van der Waals surface area contributed by atoms with Gasteiger partial charge in [-0.15, -0.1) is 0 Å². The van der Waals surface area contributed by atoms with Crippen LogP contribution in [0.1, 0.15) is 12.5 Å². The van der Waals surface area contributed by atoms with Crippen molar-refractivity contribution in [1.82, 2.24) is 4.90 Å². The van der Waals surface area contributed by atoms with Crippen LogP contribution in [0.25, 0.3) is 0 Å². The van der Waals surface area contributed by atoms with Crippen molar-refractivity contribution >= 4 is 40.7 Å². The molecule has 0 aliphatic carbocycles. The summed E-state index contributed by atoms with van der Waals surface area (Å²) in [5.41, 5.74) is 1.49. The van der Waals surface area contributed by atoms with E-state index < -0.39 is 6.10 Å². The summed E-state index contributed by atoms with van der Waals surface area (Å²) in [6.45, 7) is 1.63. The molecule has 0 saturated carbocycles. The minimum atomic E-state index is -0.747. The van der Waals surface area contributed by atoms with Crippen molar-refractivity contribution < 1.29 is 14.3 Å². The first-order valence-corrected chi connectivity index (χ1v) is 8.73. The molecule has 5 nitrogen and oxygen atoms in total. The number of hydrogen-bond donors (Lipinski definition) is 1. The van der Waals surface area contributed by atoms with Gasteiger partial charge >= 0.3 is 0 Å². The van der Waals surface area contributed by atoms with Crippen molar-refractivity contribution in [3.05, 3.63) is 58.1 Å². The first-order chi connectivity index (χ1) is 12.3. The molecule has 0 fully saturated rings. The molecule has 1 N–H and O–H groups in total. The molecule has 2 amide bonds. The SMILES string of the molecule is CC(Oc1ccc(Cl)cc1Cl)C(=O)Nc1ccc(CC(=O)N(C)C)cc1. The monoisotopic (exact) mass is 394 g/mol. The van der Waals surface area contributed by atoms with E-state index in [1.165, 1.54) is 4.90 Å². The number of ether oxygens (including phenoxy) is 1. The third-order valence-electron chi connectivity index (χ3n) is 3.64. The predicted octanol–water partition coefficient (Wildman–Crippen LogP) is 4.03. The van der Waals surface area contributed by atoms with Gasteiger partial charge in [0, 0.05) is 24.8 Å². The summed E-state index contributed by atoms with van der Waals surface area (Å²) >= 11 is 11.9. The van der Waals surface area contributed by atoms with Crippen LogP contribution in [-0.4, -0.2) is 36.9 Å². The zero-order valence-corrected chi connectivity index (χ0v) is 16.3. The van der Waals surface area contributed by atoms with Crippen molar-refractivity contribution in [1.29, 1.82) is 0 Å². The smallest absolute Gasteiger partial charge is 0.265 e. The van der Waals surface area contributed by atoms with Gasteiger partial charge in [0.05, 0.1) is 11.4 Å². The number of carbonyl (C=O) groups excluding carboxylic acids is 2. The van der Waals surface area contributed by atoms with Crippen LogP contribution in [0, 0.1) is 0 Å². The van der Waals surface area contributed by atoms with Gasteiger partial charge in [-0.25, -0.2) is 0 Å². The first-order valence-electron chi connectivity index (χ1n) is 7.98. The average molecular weight is 395 g/mol. The molecule has 0 aliphatic heterocycles. The Morgan fingerprint density at radius 1 is 1.12 bits per heavy atom. The third kappa shape index (κ3) is 5.64. The van der Waals surface area contributed by atoms with Gasteiger partial charge in [0.25, 0.3) is 5.91 Å². The number of amides is 2. The molecule has 2 aromatic carbocycles. The molecular formula is C19H20Cl2N2O3. The van der Waals surface area contributed by atoms with Crippen LogP contribution in [0.5, 0.6) is 5.75 Å². The topological polar surface area (TPSA) is 58.6 Å². The number of hydrogen-bond acceptors (Lipinski definition) is 3. The molecule has 0 aliphatic rings. The predicted molar refractivity (Wildman–Crippen MR) is 104 cm³/mol. The quantitative estimate of drug-likeness (QED) is 0.804. The minimum absolute atomic E-state index is 0.0173. The molecule has 0 aromatic heterocycles. The van der Waals surface area contributed by atoms with Crippen LogP contribution in [0.3, 0.4) is 0 Å². The molecule has 26 heavy (non-hydrogen) atoms. The summed E-state index contributed by atoms with van der Waals surface area (Å²) in [5.74, 6) is 0.0908. The van der Waals surface area contributed by atoms with E-state index in [9.17, 15) is 9.59 Å².